The van der Waals surface area contributed by atoms with Gasteiger partial charge in [-0.05, 0) is 25.5 Å². The molecule has 0 bridgehead atoms. The minimum Gasteiger partial charge on any atom is -0.388 e. The van der Waals surface area contributed by atoms with Gasteiger partial charge >= 0.3 is 0 Å². The average molecular weight is 257 g/mol. The van der Waals surface area contributed by atoms with Gasteiger partial charge in [-0.25, -0.2) is 0 Å². The number of H-pyrrole nitrogens is 1. The van der Waals surface area contributed by atoms with Crippen LogP contribution in [-0.2, 0) is 6.42 Å². The summed E-state index contributed by atoms with van der Waals surface area (Å²) in [4.78, 5) is 0. The van der Waals surface area contributed by atoms with E-state index in [-0.39, 0.29) is 0 Å². The molecule has 4 nitrogen and oxygen atoms in total. The Labute approximate surface area is 112 Å². The highest BCUT2D eigenvalue weighted by atomic mass is 16.3. The van der Waals surface area contributed by atoms with E-state index >= 15 is 0 Å². The lowest BCUT2D eigenvalue weighted by Crippen LogP contribution is -2.47. The number of piperidine rings is 1. The van der Waals surface area contributed by atoms with Crippen molar-refractivity contribution in [3.05, 3.63) is 42.1 Å². The van der Waals surface area contributed by atoms with E-state index in [1.165, 1.54) is 0 Å². The molecule has 4 heteroatoms. The Balaban J connectivity index is 1.75. The van der Waals surface area contributed by atoms with Crippen LogP contribution in [-0.4, -0.2) is 34.0 Å². The van der Waals surface area contributed by atoms with Gasteiger partial charge in [0.05, 0.1) is 11.3 Å². The molecule has 1 unspecified atom stereocenters. The standard InChI is InChI=1S/C15H19N3O/c19-15(7-4-8-16-11-15)10-13-9-14(18-17-13)12-5-2-1-3-6-12/h1-3,5-6,9,16,19H,4,7-8,10-11H2,(H,17,18). The SMILES string of the molecule is OC1(Cc2cc(-c3ccccc3)n[nH]2)CCCNC1. The molecule has 1 aliphatic rings. The topological polar surface area (TPSA) is 60.9 Å². The third-order valence-corrected chi connectivity index (χ3v) is 3.67. The van der Waals surface area contributed by atoms with Gasteiger partial charge in [0.2, 0.25) is 0 Å². The summed E-state index contributed by atoms with van der Waals surface area (Å²) in [5, 5.41) is 21.1. The predicted octanol–water partition coefficient (Wildman–Crippen LogP) is 1.73. The first-order chi connectivity index (χ1) is 9.25. The number of nitrogens with zero attached hydrogens (tertiary/aromatic N) is 1. The highest BCUT2D eigenvalue weighted by Gasteiger charge is 2.29. The van der Waals surface area contributed by atoms with Gasteiger partial charge in [-0.2, -0.15) is 5.10 Å². The normalized spacial score (nSPS) is 23.4. The van der Waals surface area contributed by atoms with Crippen molar-refractivity contribution in [1.29, 1.82) is 0 Å². The van der Waals surface area contributed by atoms with E-state index in [1.54, 1.807) is 0 Å². The van der Waals surface area contributed by atoms with Crippen LogP contribution in [0.4, 0.5) is 0 Å². The zero-order valence-corrected chi connectivity index (χ0v) is 10.9. The molecular weight excluding hydrogens is 238 g/mol. The first kappa shape index (κ1) is 12.4. The molecule has 1 aromatic heterocycles. The molecule has 1 aliphatic heterocycles. The third kappa shape index (κ3) is 2.85. The van der Waals surface area contributed by atoms with E-state index in [9.17, 15) is 5.11 Å². The number of aromatic amines is 1. The number of hydrogen-bond donors (Lipinski definition) is 3. The molecule has 1 aromatic carbocycles. The summed E-state index contributed by atoms with van der Waals surface area (Å²) in [5.74, 6) is 0. The zero-order chi connectivity index (χ0) is 13.1. The Kier molecular flexibility index (Phi) is 3.36. The molecule has 0 spiro atoms. The van der Waals surface area contributed by atoms with Gasteiger partial charge in [0, 0.05) is 24.2 Å². The summed E-state index contributed by atoms with van der Waals surface area (Å²) in [6, 6.07) is 12.1. The summed E-state index contributed by atoms with van der Waals surface area (Å²) in [6.07, 6.45) is 2.50. The van der Waals surface area contributed by atoms with Gasteiger partial charge in [-0.1, -0.05) is 30.3 Å². The van der Waals surface area contributed by atoms with Crippen LogP contribution in [0.1, 0.15) is 18.5 Å². The van der Waals surface area contributed by atoms with Crippen molar-refractivity contribution in [3.63, 3.8) is 0 Å². The van der Waals surface area contributed by atoms with E-state index in [1.807, 2.05) is 36.4 Å². The Morgan fingerprint density at radius 1 is 1.26 bits per heavy atom. The maximum Gasteiger partial charge on any atom is 0.0923 e. The Hall–Kier alpha value is -1.65. The van der Waals surface area contributed by atoms with Crippen LogP contribution in [0.5, 0.6) is 0 Å². The Bertz CT molecular complexity index is 529. The number of benzene rings is 1. The number of β-amino-alcohol motifs (C(OH)–C–C–N with tert-alkyl or cyclic N) is 1. The molecule has 2 heterocycles. The van der Waals surface area contributed by atoms with Gasteiger partial charge in [-0.3, -0.25) is 5.10 Å². The van der Waals surface area contributed by atoms with E-state index in [0.717, 1.165) is 36.3 Å². The van der Waals surface area contributed by atoms with E-state index in [4.69, 9.17) is 0 Å². The van der Waals surface area contributed by atoms with Crippen LogP contribution >= 0.6 is 0 Å². The summed E-state index contributed by atoms with van der Waals surface area (Å²) in [7, 11) is 0. The second-order valence-corrected chi connectivity index (χ2v) is 5.33. The summed E-state index contributed by atoms with van der Waals surface area (Å²) < 4.78 is 0. The average Bonchev–Trinajstić information content (AvgIpc) is 2.88. The van der Waals surface area contributed by atoms with Gasteiger partial charge in [0.1, 0.15) is 0 Å². The highest BCUT2D eigenvalue weighted by molar-refractivity contribution is 5.58. The quantitative estimate of drug-likeness (QED) is 0.785. The molecular formula is C15H19N3O. The van der Waals surface area contributed by atoms with E-state index < -0.39 is 5.60 Å². The fourth-order valence-corrected chi connectivity index (χ4v) is 2.67. The summed E-state index contributed by atoms with van der Waals surface area (Å²) >= 11 is 0. The van der Waals surface area contributed by atoms with E-state index in [2.05, 4.69) is 15.5 Å². The molecule has 19 heavy (non-hydrogen) atoms. The van der Waals surface area contributed by atoms with Crippen LogP contribution < -0.4 is 5.32 Å². The first-order valence-electron chi connectivity index (χ1n) is 6.78. The molecule has 0 radical (unpaired) electrons. The predicted molar refractivity (Wildman–Crippen MR) is 74.8 cm³/mol. The van der Waals surface area contributed by atoms with Gasteiger partial charge in [-0.15, -0.1) is 0 Å². The maximum atomic E-state index is 10.5. The molecule has 2 aromatic rings. The lowest BCUT2D eigenvalue weighted by Gasteiger charge is -2.32. The van der Waals surface area contributed by atoms with Crippen molar-refractivity contribution in [1.82, 2.24) is 15.5 Å². The van der Waals surface area contributed by atoms with E-state index in [0.29, 0.717) is 13.0 Å². The minimum atomic E-state index is -0.640. The highest BCUT2D eigenvalue weighted by Crippen LogP contribution is 2.23. The van der Waals surface area contributed by atoms with Crippen molar-refractivity contribution in [2.45, 2.75) is 24.9 Å². The van der Waals surface area contributed by atoms with Crippen molar-refractivity contribution in [2.24, 2.45) is 0 Å². The lowest BCUT2D eigenvalue weighted by molar-refractivity contribution is 0.0161. The zero-order valence-electron chi connectivity index (χ0n) is 10.9. The largest absolute Gasteiger partial charge is 0.388 e. The molecule has 100 valence electrons. The summed E-state index contributed by atoms with van der Waals surface area (Å²) in [5.41, 5.74) is 2.38. The fraction of sp³-hybridized carbons (Fsp3) is 0.400. The molecule has 3 rings (SSSR count). The molecule has 3 N–H and O–H groups in total. The fourth-order valence-electron chi connectivity index (χ4n) is 2.67. The Morgan fingerprint density at radius 2 is 2.11 bits per heavy atom. The minimum absolute atomic E-state index is 0.625. The number of hydrogen-bond acceptors (Lipinski definition) is 3. The smallest absolute Gasteiger partial charge is 0.0923 e. The molecule has 1 fully saturated rings. The van der Waals surface area contributed by atoms with Gasteiger partial charge in [0.25, 0.3) is 0 Å². The molecule has 1 saturated heterocycles. The van der Waals surface area contributed by atoms with Crippen molar-refractivity contribution >= 4 is 0 Å². The van der Waals surface area contributed by atoms with Crippen LogP contribution in [0.3, 0.4) is 0 Å². The maximum absolute atomic E-state index is 10.5. The Morgan fingerprint density at radius 3 is 2.84 bits per heavy atom. The second kappa shape index (κ2) is 5.15. The molecule has 0 aliphatic carbocycles. The number of aliphatic hydroxyl groups is 1. The van der Waals surface area contributed by atoms with Crippen LogP contribution in [0.15, 0.2) is 36.4 Å². The van der Waals surface area contributed by atoms with Crippen LogP contribution in [0.2, 0.25) is 0 Å². The number of rotatable bonds is 3. The molecule has 0 saturated carbocycles. The first-order valence-corrected chi connectivity index (χ1v) is 6.78. The molecule has 1 atom stereocenters. The summed E-state index contributed by atoms with van der Waals surface area (Å²) in [6.45, 7) is 1.66. The van der Waals surface area contributed by atoms with Gasteiger partial charge < -0.3 is 10.4 Å². The third-order valence-electron chi connectivity index (χ3n) is 3.67. The van der Waals surface area contributed by atoms with Crippen LogP contribution in [0.25, 0.3) is 11.3 Å². The van der Waals surface area contributed by atoms with Crippen molar-refractivity contribution in [2.75, 3.05) is 13.1 Å². The van der Waals surface area contributed by atoms with Gasteiger partial charge in [0.15, 0.2) is 0 Å². The van der Waals surface area contributed by atoms with Crippen molar-refractivity contribution < 1.29 is 5.11 Å². The number of nitrogens with one attached hydrogen (secondary N) is 2. The number of aromatic nitrogens is 2. The molecule has 0 amide bonds. The second-order valence-electron chi connectivity index (χ2n) is 5.33. The van der Waals surface area contributed by atoms with Crippen molar-refractivity contribution in [3.8, 4) is 11.3 Å². The monoisotopic (exact) mass is 257 g/mol. The lowest BCUT2D eigenvalue weighted by atomic mass is 9.89. The van der Waals surface area contributed by atoms with Crippen LogP contribution in [0, 0.1) is 0 Å².